The van der Waals surface area contributed by atoms with Crippen LogP contribution in [0.15, 0.2) is 36.4 Å². The summed E-state index contributed by atoms with van der Waals surface area (Å²) < 4.78 is 6.44. The van der Waals surface area contributed by atoms with E-state index >= 15 is 0 Å². The van der Waals surface area contributed by atoms with Crippen LogP contribution in [-0.4, -0.2) is 24.2 Å². The third kappa shape index (κ3) is 2.58. The molecule has 152 valence electrons. The van der Waals surface area contributed by atoms with Crippen molar-refractivity contribution in [2.24, 2.45) is 0 Å². The summed E-state index contributed by atoms with van der Waals surface area (Å²) in [7, 11) is 0. The van der Waals surface area contributed by atoms with Crippen molar-refractivity contribution in [3.8, 4) is 11.5 Å². The molecule has 5 heteroatoms. The minimum Gasteiger partial charge on any atom is -1.00 e. The second-order valence-electron chi connectivity index (χ2n) is 9.33. The number of benzene rings is 2. The number of fused-ring (bicyclic) bond motifs is 6. The fourth-order valence-electron chi connectivity index (χ4n) is 6.65. The lowest BCUT2D eigenvalue weighted by molar-refractivity contribution is -0.00000593. The first-order chi connectivity index (χ1) is 13.8. The summed E-state index contributed by atoms with van der Waals surface area (Å²) in [4.78, 5) is 5.30. The van der Waals surface area contributed by atoms with Crippen LogP contribution in [0, 0.1) is 0 Å². The van der Waals surface area contributed by atoms with Crippen molar-refractivity contribution in [2.45, 2.75) is 75.5 Å². The van der Waals surface area contributed by atoms with Gasteiger partial charge in [-0.2, -0.15) is 0 Å². The van der Waals surface area contributed by atoms with Crippen molar-refractivity contribution in [3.63, 3.8) is 0 Å². The van der Waals surface area contributed by atoms with E-state index in [9.17, 15) is 0 Å². The van der Waals surface area contributed by atoms with Crippen molar-refractivity contribution in [1.82, 2.24) is 0 Å². The molecule has 29 heavy (non-hydrogen) atoms. The second-order valence-corrected chi connectivity index (χ2v) is 9.33. The maximum atomic E-state index is 6.44. The van der Waals surface area contributed by atoms with Gasteiger partial charge in [0.05, 0.1) is 11.4 Å². The first-order valence-corrected chi connectivity index (χ1v) is 11.1. The SMILES string of the molecule is [Cl-].c1cc2c(cc1N1C3CCC1CC3)Oc1cc(N3C4CCC3CC4)ccc1N2. The lowest BCUT2D eigenvalue weighted by Crippen LogP contribution is -3.00. The van der Waals surface area contributed by atoms with Gasteiger partial charge in [-0.1, -0.05) is 0 Å². The van der Waals surface area contributed by atoms with E-state index in [0.29, 0.717) is 0 Å². The van der Waals surface area contributed by atoms with Gasteiger partial charge in [0.2, 0.25) is 0 Å². The zero-order chi connectivity index (χ0) is 18.2. The van der Waals surface area contributed by atoms with E-state index in [4.69, 9.17) is 4.74 Å². The molecule has 7 rings (SSSR count). The number of ether oxygens (including phenoxy) is 1. The summed E-state index contributed by atoms with van der Waals surface area (Å²) in [5.74, 6) is 1.94. The Balaban J connectivity index is 0.00000165. The van der Waals surface area contributed by atoms with E-state index in [1.165, 1.54) is 62.7 Å². The van der Waals surface area contributed by atoms with Gasteiger partial charge in [0.1, 0.15) is 0 Å². The monoisotopic (exact) mass is 408 g/mol. The molecule has 4 saturated heterocycles. The molecule has 0 unspecified atom stereocenters. The minimum atomic E-state index is 0. The van der Waals surface area contributed by atoms with Gasteiger partial charge in [-0.25, -0.2) is 0 Å². The summed E-state index contributed by atoms with van der Waals surface area (Å²) in [6.07, 6.45) is 10.8. The molecule has 0 aromatic heterocycles. The van der Waals surface area contributed by atoms with Crippen molar-refractivity contribution in [2.75, 3.05) is 15.1 Å². The highest BCUT2D eigenvalue weighted by atomic mass is 35.5. The number of halogens is 1. The van der Waals surface area contributed by atoms with Gasteiger partial charge in [-0.15, -0.1) is 0 Å². The van der Waals surface area contributed by atoms with Crippen LogP contribution in [0.4, 0.5) is 22.7 Å². The number of nitrogens with one attached hydrogen (secondary N) is 1. The third-order valence-electron chi connectivity index (χ3n) is 7.92. The number of anilines is 4. The molecule has 0 amide bonds. The van der Waals surface area contributed by atoms with Crippen molar-refractivity contribution in [1.29, 1.82) is 0 Å². The molecule has 0 aliphatic carbocycles. The molecule has 0 radical (unpaired) electrons. The topological polar surface area (TPSA) is 27.7 Å². The summed E-state index contributed by atoms with van der Waals surface area (Å²) >= 11 is 0. The highest BCUT2D eigenvalue weighted by Crippen LogP contribution is 2.49. The fraction of sp³-hybridized carbons (Fsp3) is 0.500. The standard InChI is InChI=1S/C24H27N3O.ClH/c1-2-16-4-3-15(1)26(16)19-9-11-21-23(13-19)28-24-14-20(10-12-22(24)25-21)27-17-5-6-18(27)8-7-17;/h9-18,25H,1-8H2;1H/p-1. The van der Waals surface area contributed by atoms with Crippen LogP contribution in [0.3, 0.4) is 0 Å². The van der Waals surface area contributed by atoms with Gasteiger partial charge >= 0.3 is 0 Å². The van der Waals surface area contributed by atoms with E-state index in [1.54, 1.807) is 0 Å². The normalized spacial score (nSPS) is 30.5. The predicted molar refractivity (Wildman–Crippen MR) is 113 cm³/mol. The van der Waals surface area contributed by atoms with Crippen LogP contribution in [0.25, 0.3) is 0 Å². The first kappa shape index (κ1) is 17.8. The molecule has 5 aliphatic heterocycles. The Morgan fingerprint density at radius 3 is 1.38 bits per heavy atom. The summed E-state index contributed by atoms with van der Waals surface area (Å²) in [5, 5.41) is 3.59. The zero-order valence-corrected chi connectivity index (χ0v) is 17.4. The number of hydrogen-bond acceptors (Lipinski definition) is 4. The number of hydrogen-bond donors (Lipinski definition) is 1. The van der Waals surface area contributed by atoms with Crippen molar-refractivity contribution < 1.29 is 17.1 Å². The van der Waals surface area contributed by atoms with E-state index in [1.807, 2.05) is 0 Å². The Bertz CT molecular complexity index is 848. The second kappa shape index (κ2) is 6.46. The third-order valence-corrected chi connectivity index (χ3v) is 7.92. The summed E-state index contributed by atoms with van der Waals surface area (Å²) in [6.45, 7) is 0. The largest absolute Gasteiger partial charge is 1.00 e. The van der Waals surface area contributed by atoms with Crippen LogP contribution in [0.1, 0.15) is 51.4 Å². The smallest absolute Gasteiger partial charge is 0.153 e. The van der Waals surface area contributed by atoms with Crippen molar-refractivity contribution >= 4 is 22.7 Å². The Labute approximate surface area is 178 Å². The van der Waals surface area contributed by atoms with Crippen LogP contribution in [0.2, 0.25) is 0 Å². The van der Waals surface area contributed by atoms with Crippen molar-refractivity contribution in [3.05, 3.63) is 36.4 Å². The highest BCUT2D eigenvalue weighted by Gasteiger charge is 2.40. The van der Waals surface area contributed by atoms with Gasteiger partial charge < -0.3 is 32.3 Å². The molecule has 5 aliphatic rings. The highest BCUT2D eigenvalue weighted by molar-refractivity contribution is 5.80. The predicted octanol–water partition coefficient (Wildman–Crippen LogP) is 2.80. The minimum absolute atomic E-state index is 0. The van der Waals surface area contributed by atoms with E-state index < -0.39 is 0 Å². The Morgan fingerprint density at radius 1 is 0.621 bits per heavy atom. The molecule has 2 aromatic carbocycles. The first-order valence-electron chi connectivity index (χ1n) is 11.1. The summed E-state index contributed by atoms with van der Waals surface area (Å²) in [5.41, 5.74) is 4.83. The van der Waals surface area contributed by atoms with Crippen LogP contribution in [-0.2, 0) is 0 Å². The van der Waals surface area contributed by atoms with Crippen LogP contribution >= 0.6 is 0 Å². The lowest BCUT2D eigenvalue weighted by Gasteiger charge is -2.29. The van der Waals surface area contributed by atoms with E-state index in [-0.39, 0.29) is 12.4 Å². The maximum absolute atomic E-state index is 6.44. The molecule has 4 bridgehead atoms. The molecule has 0 atom stereocenters. The van der Waals surface area contributed by atoms with E-state index in [0.717, 1.165) is 47.0 Å². The van der Waals surface area contributed by atoms with Crippen LogP contribution < -0.4 is 32.3 Å². The molecule has 0 saturated carbocycles. The Hall–Kier alpha value is -2.07. The quantitative estimate of drug-likeness (QED) is 0.705. The average molecular weight is 409 g/mol. The van der Waals surface area contributed by atoms with E-state index in [2.05, 4.69) is 51.5 Å². The van der Waals surface area contributed by atoms with Gasteiger partial charge in [0.25, 0.3) is 0 Å². The molecule has 4 nitrogen and oxygen atoms in total. The van der Waals surface area contributed by atoms with Gasteiger partial charge in [0, 0.05) is 47.7 Å². The number of nitrogens with zero attached hydrogens (tertiary/aromatic N) is 2. The molecule has 1 N–H and O–H groups in total. The van der Waals surface area contributed by atoms with Gasteiger partial charge in [0.15, 0.2) is 11.5 Å². The number of rotatable bonds is 2. The maximum Gasteiger partial charge on any atom is 0.153 e. The summed E-state index contributed by atoms with van der Waals surface area (Å²) in [6, 6.07) is 16.4. The molecule has 4 fully saturated rings. The zero-order valence-electron chi connectivity index (χ0n) is 16.6. The average Bonchev–Trinajstić information content (AvgIpc) is 3.52. The fourth-order valence-corrected chi connectivity index (χ4v) is 6.65. The molecule has 5 heterocycles. The molecular formula is C24H27ClN3O-. The van der Waals surface area contributed by atoms with Gasteiger partial charge in [-0.3, -0.25) is 0 Å². The van der Waals surface area contributed by atoms with Crippen LogP contribution in [0.5, 0.6) is 11.5 Å². The van der Waals surface area contributed by atoms with Gasteiger partial charge in [-0.05, 0) is 75.6 Å². The molecular weight excluding hydrogens is 382 g/mol. The Kier molecular flexibility index (Phi) is 3.96. The lowest BCUT2D eigenvalue weighted by atomic mass is 10.0. The molecule has 2 aromatic rings. The molecule has 0 spiro atoms. The Morgan fingerprint density at radius 2 is 1.00 bits per heavy atom.